The van der Waals surface area contributed by atoms with E-state index in [2.05, 4.69) is 4.74 Å². The molecule has 0 N–H and O–H groups in total. The van der Waals surface area contributed by atoms with Gasteiger partial charge in [0.25, 0.3) is 0 Å². The van der Waals surface area contributed by atoms with Crippen molar-refractivity contribution in [3.8, 4) is 11.5 Å². The molecular formula is C17H21NO8. The second-order valence-corrected chi connectivity index (χ2v) is 5.47. The second kappa shape index (κ2) is 8.41. The predicted molar refractivity (Wildman–Crippen MR) is 88.2 cm³/mol. The maximum Gasteiger partial charge on any atom is 0.511 e. The largest absolute Gasteiger partial charge is 0.511 e. The molecule has 1 amide bonds. The quantitative estimate of drug-likeness (QED) is 0.430. The first kappa shape index (κ1) is 19.4. The highest BCUT2D eigenvalue weighted by Crippen LogP contribution is 2.33. The van der Waals surface area contributed by atoms with Gasteiger partial charge in [-0.25, -0.2) is 9.59 Å². The Balaban J connectivity index is 1.95. The molecule has 2 atom stereocenters. The monoisotopic (exact) mass is 367 g/mol. The van der Waals surface area contributed by atoms with Crippen LogP contribution in [0.15, 0.2) is 18.2 Å². The Morgan fingerprint density at radius 2 is 1.85 bits per heavy atom. The van der Waals surface area contributed by atoms with Crippen LogP contribution >= 0.6 is 0 Å². The number of rotatable bonds is 6. The maximum absolute atomic E-state index is 12.6. The molecule has 0 saturated heterocycles. The van der Waals surface area contributed by atoms with Crippen LogP contribution in [-0.2, 0) is 14.2 Å². The molecule has 0 aromatic heterocycles. The Bertz CT molecular complexity index is 689. The fourth-order valence-corrected chi connectivity index (χ4v) is 2.16. The van der Waals surface area contributed by atoms with Gasteiger partial charge in [-0.3, -0.25) is 4.79 Å². The van der Waals surface area contributed by atoms with E-state index in [4.69, 9.17) is 18.9 Å². The van der Waals surface area contributed by atoms with Crippen LogP contribution in [0.25, 0.3) is 0 Å². The lowest BCUT2D eigenvalue weighted by Gasteiger charge is -2.24. The van der Waals surface area contributed by atoms with Gasteiger partial charge in [0.1, 0.15) is 0 Å². The summed E-state index contributed by atoms with van der Waals surface area (Å²) in [5.74, 6) is 0.735. The fourth-order valence-electron chi connectivity index (χ4n) is 2.16. The topological polar surface area (TPSA) is 101 Å². The number of Topliss-reactive ketones (excluding diaryl/α,β-unsaturated/α-hetero) is 1. The zero-order chi connectivity index (χ0) is 19.3. The lowest BCUT2D eigenvalue weighted by atomic mass is 10.0. The molecule has 2 unspecified atom stereocenters. The zero-order valence-electron chi connectivity index (χ0n) is 15.0. The molecule has 1 aromatic carbocycles. The highest BCUT2D eigenvalue weighted by atomic mass is 16.8. The molecular weight excluding hydrogens is 346 g/mol. The SMILES string of the molecule is CCOC(=O)OC(C)OC(=O)N(C)C(C)C(=O)c1ccc2c(c1)OCO2. The van der Waals surface area contributed by atoms with Gasteiger partial charge >= 0.3 is 12.2 Å². The van der Waals surface area contributed by atoms with E-state index in [1.165, 1.54) is 14.0 Å². The average Bonchev–Trinajstić information content (AvgIpc) is 3.07. The molecule has 9 heteroatoms. The van der Waals surface area contributed by atoms with Crippen LogP contribution in [0.1, 0.15) is 31.1 Å². The van der Waals surface area contributed by atoms with Crippen molar-refractivity contribution in [1.29, 1.82) is 0 Å². The molecule has 1 aliphatic rings. The van der Waals surface area contributed by atoms with Gasteiger partial charge in [0, 0.05) is 19.5 Å². The highest BCUT2D eigenvalue weighted by Gasteiger charge is 2.27. The number of amides is 1. The third kappa shape index (κ3) is 4.56. The van der Waals surface area contributed by atoms with Gasteiger partial charge < -0.3 is 28.6 Å². The Morgan fingerprint density at radius 1 is 1.15 bits per heavy atom. The predicted octanol–water partition coefficient (Wildman–Crippen LogP) is 2.57. The molecule has 0 saturated carbocycles. The summed E-state index contributed by atoms with van der Waals surface area (Å²) < 4.78 is 24.8. The normalized spacial score (nSPS) is 14.2. The van der Waals surface area contributed by atoms with Gasteiger partial charge in [-0.2, -0.15) is 0 Å². The van der Waals surface area contributed by atoms with E-state index in [-0.39, 0.29) is 19.2 Å². The van der Waals surface area contributed by atoms with Crippen molar-refractivity contribution >= 4 is 18.0 Å². The molecule has 2 rings (SSSR count). The number of carbonyl (C=O) groups is 3. The van der Waals surface area contributed by atoms with Gasteiger partial charge in [-0.1, -0.05) is 0 Å². The van der Waals surface area contributed by atoms with E-state index >= 15 is 0 Å². The molecule has 26 heavy (non-hydrogen) atoms. The molecule has 9 nitrogen and oxygen atoms in total. The Morgan fingerprint density at radius 3 is 2.54 bits per heavy atom. The summed E-state index contributed by atoms with van der Waals surface area (Å²) in [4.78, 5) is 37.0. The number of hydrogen-bond donors (Lipinski definition) is 0. The highest BCUT2D eigenvalue weighted by molar-refractivity contribution is 6.01. The summed E-state index contributed by atoms with van der Waals surface area (Å²) >= 11 is 0. The lowest BCUT2D eigenvalue weighted by molar-refractivity contribution is -0.0816. The van der Waals surface area contributed by atoms with Crippen molar-refractivity contribution < 1.29 is 38.1 Å². The summed E-state index contributed by atoms with van der Waals surface area (Å²) in [5.41, 5.74) is 0.372. The number of carbonyl (C=O) groups excluding carboxylic acids is 3. The van der Waals surface area contributed by atoms with Crippen molar-refractivity contribution in [3.05, 3.63) is 23.8 Å². The third-order valence-corrected chi connectivity index (χ3v) is 3.70. The number of benzene rings is 1. The van der Waals surface area contributed by atoms with Crippen LogP contribution in [0.2, 0.25) is 0 Å². The van der Waals surface area contributed by atoms with Crippen LogP contribution in [-0.4, -0.2) is 55.7 Å². The summed E-state index contributed by atoms with van der Waals surface area (Å²) in [7, 11) is 1.41. The van der Waals surface area contributed by atoms with Crippen LogP contribution < -0.4 is 9.47 Å². The van der Waals surface area contributed by atoms with Crippen LogP contribution in [0, 0.1) is 0 Å². The molecule has 1 aliphatic heterocycles. The third-order valence-electron chi connectivity index (χ3n) is 3.70. The average molecular weight is 367 g/mol. The van der Waals surface area contributed by atoms with Gasteiger partial charge in [-0.15, -0.1) is 0 Å². The van der Waals surface area contributed by atoms with Gasteiger partial charge in [0.15, 0.2) is 17.3 Å². The van der Waals surface area contributed by atoms with Crippen molar-refractivity contribution in [3.63, 3.8) is 0 Å². The summed E-state index contributed by atoms with van der Waals surface area (Å²) in [6.45, 7) is 4.79. The van der Waals surface area contributed by atoms with Gasteiger partial charge in [0.2, 0.25) is 13.1 Å². The molecule has 0 radical (unpaired) electrons. The molecule has 0 aliphatic carbocycles. The molecule has 0 fully saturated rings. The maximum atomic E-state index is 12.6. The van der Waals surface area contributed by atoms with Crippen molar-refractivity contribution in [2.24, 2.45) is 0 Å². The van der Waals surface area contributed by atoms with Gasteiger partial charge in [-0.05, 0) is 32.0 Å². The fraction of sp³-hybridized carbons (Fsp3) is 0.471. The van der Waals surface area contributed by atoms with E-state index in [9.17, 15) is 14.4 Å². The molecule has 1 aromatic rings. The first-order valence-electron chi connectivity index (χ1n) is 8.04. The molecule has 0 spiro atoms. The second-order valence-electron chi connectivity index (χ2n) is 5.47. The smallest absolute Gasteiger partial charge is 0.454 e. The van der Waals surface area contributed by atoms with Crippen LogP contribution in [0.5, 0.6) is 11.5 Å². The first-order chi connectivity index (χ1) is 12.3. The number of ketones is 1. The number of likely N-dealkylation sites (N-methyl/N-ethyl adjacent to an activating group) is 1. The minimum atomic E-state index is -1.16. The standard InChI is InChI=1S/C17H21NO8/c1-5-22-17(21)26-11(3)25-16(20)18(4)10(2)15(19)12-6-7-13-14(8-12)24-9-23-13/h6-8,10-11H,5,9H2,1-4H3. The van der Waals surface area contributed by atoms with E-state index < -0.39 is 24.6 Å². The first-order valence-corrected chi connectivity index (χ1v) is 8.04. The molecule has 1 heterocycles. The van der Waals surface area contributed by atoms with Crippen molar-refractivity contribution in [2.75, 3.05) is 20.4 Å². The van der Waals surface area contributed by atoms with E-state index in [1.807, 2.05) is 0 Å². The number of nitrogens with zero attached hydrogens (tertiary/aromatic N) is 1. The van der Waals surface area contributed by atoms with E-state index in [0.29, 0.717) is 17.1 Å². The molecule has 0 bridgehead atoms. The van der Waals surface area contributed by atoms with E-state index in [0.717, 1.165) is 4.90 Å². The Labute approximate surface area is 150 Å². The number of ether oxygens (including phenoxy) is 5. The van der Waals surface area contributed by atoms with E-state index in [1.54, 1.807) is 32.0 Å². The van der Waals surface area contributed by atoms with Crippen molar-refractivity contribution in [1.82, 2.24) is 4.90 Å². The van der Waals surface area contributed by atoms with Crippen LogP contribution in [0.4, 0.5) is 9.59 Å². The van der Waals surface area contributed by atoms with Gasteiger partial charge in [0.05, 0.1) is 12.6 Å². The number of hydrogen-bond acceptors (Lipinski definition) is 8. The zero-order valence-corrected chi connectivity index (χ0v) is 15.0. The van der Waals surface area contributed by atoms with Crippen LogP contribution in [0.3, 0.4) is 0 Å². The minimum absolute atomic E-state index is 0.104. The molecule has 142 valence electrons. The van der Waals surface area contributed by atoms with Crippen molar-refractivity contribution in [2.45, 2.75) is 33.1 Å². The summed E-state index contributed by atoms with van der Waals surface area (Å²) in [6, 6.07) is 3.98. The summed E-state index contributed by atoms with van der Waals surface area (Å²) in [5, 5.41) is 0. The Hall–Kier alpha value is -2.97. The minimum Gasteiger partial charge on any atom is -0.454 e. The lowest BCUT2D eigenvalue weighted by Crippen LogP contribution is -2.42. The Kier molecular flexibility index (Phi) is 6.26. The summed E-state index contributed by atoms with van der Waals surface area (Å²) in [6.07, 6.45) is -2.92. The number of fused-ring (bicyclic) bond motifs is 1.